The van der Waals surface area contributed by atoms with Crippen molar-refractivity contribution in [2.24, 2.45) is 5.73 Å². The van der Waals surface area contributed by atoms with Crippen molar-refractivity contribution in [2.45, 2.75) is 13.8 Å². The molecule has 0 saturated carbocycles. The molecule has 0 bridgehead atoms. The molecule has 6 heteroatoms. The molecule has 3 N–H and O–H groups in total. The number of ether oxygens (including phenoxy) is 2. The Hall–Kier alpha value is -2.76. The molecule has 0 aliphatic rings. The van der Waals surface area contributed by atoms with Crippen molar-refractivity contribution in [2.75, 3.05) is 19.5 Å². The number of amides is 1. The van der Waals surface area contributed by atoms with Gasteiger partial charge >= 0.3 is 0 Å². The summed E-state index contributed by atoms with van der Waals surface area (Å²) in [6, 6.07) is 7.17. The van der Waals surface area contributed by atoms with Crippen molar-refractivity contribution in [1.82, 2.24) is 4.98 Å². The highest BCUT2D eigenvalue weighted by Crippen LogP contribution is 2.31. The number of methoxy groups -OCH3 is 2. The molecule has 1 aromatic carbocycles. The van der Waals surface area contributed by atoms with Gasteiger partial charge in [-0.2, -0.15) is 0 Å². The highest BCUT2D eigenvalue weighted by molar-refractivity contribution is 5.99. The zero-order valence-corrected chi connectivity index (χ0v) is 13.1. The van der Waals surface area contributed by atoms with Crippen LogP contribution in [0.2, 0.25) is 0 Å². The number of nitrogens with two attached hydrogens (primary N) is 1. The van der Waals surface area contributed by atoms with E-state index in [2.05, 4.69) is 10.3 Å². The van der Waals surface area contributed by atoms with Gasteiger partial charge in [-0.3, -0.25) is 4.79 Å². The predicted octanol–water partition coefficient (Wildman–Crippen LogP) is 2.56. The lowest BCUT2D eigenvalue weighted by Gasteiger charge is -2.14. The van der Waals surface area contributed by atoms with Crippen LogP contribution in [0.15, 0.2) is 24.3 Å². The molecule has 2 rings (SSSR count). The molecule has 0 unspecified atom stereocenters. The number of anilines is 2. The van der Waals surface area contributed by atoms with Crippen LogP contribution in [-0.2, 0) is 0 Å². The third kappa shape index (κ3) is 3.11. The molecule has 1 amide bonds. The van der Waals surface area contributed by atoms with Crippen LogP contribution in [-0.4, -0.2) is 25.1 Å². The number of pyridine rings is 1. The Labute approximate surface area is 129 Å². The molecule has 0 aliphatic carbocycles. The summed E-state index contributed by atoms with van der Waals surface area (Å²) < 4.78 is 10.5. The van der Waals surface area contributed by atoms with Gasteiger partial charge in [0.2, 0.25) is 0 Å². The van der Waals surface area contributed by atoms with Gasteiger partial charge in [0.05, 0.1) is 19.8 Å². The van der Waals surface area contributed by atoms with E-state index in [0.717, 1.165) is 16.9 Å². The largest absolute Gasteiger partial charge is 0.493 e. The van der Waals surface area contributed by atoms with Crippen LogP contribution in [0.3, 0.4) is 0 Å². The minimum absolute atomic E-state index is 0.375. The molecular formula is C16H19N3O3. The van der Waals surface area contributed by atoms with Gasteiger partial charge in [-0.15, -0.1) is 0 Å². The van der Waals surface area contributed by atoms with E-state index in [9.17, 15) is 4.79 Å². The summed E-state index contributed by atoms with van der Waals surface area (Å²) in [5, 5.41) is 3.11. The summed E-state index contributed by atoms with van der Waals surface area (Å²) in [5.74, 6) is 1.11. The topological polar surface area (TPSA) is 86.5 Å². The maximum Gasteiger partial charge on any atom is 0.252 e. The quantitative estimate of drug-likeness (QED) is 0.886. The first-order valence-electron chi connectivity index (χ1n) is 6.73. The second kappa shape index (κ2) is 6.34. The molecule has 0 saturated heterocycles. The number of benzene rings is 1. The number of hydrogen-bond acceptors (Lipinski definition) is 5. The van der Waals surface area contributed by atoms with Crippen molar-refractivity contribution >= 4 is 17.4 Å². The molecule has 116 valence electrons. The van der Waals surface area contributed by atoms with Crippen LogP contribution in [0.25, 0.3) is 0 Å². The number of hydrogen-bond donors (Lipinski definition) is 2. The predicted molar refractivity (Wildman–Crippen MR) is 85.1 cm³/mol. The number of nitrogens with one attached hydrogen (secondary N) is 1. The van der Waals surface area contributed by atoms with Crippen LogP contribution in [0.4, 0.5) is 11.5 Å². The Kier molecular flexibility index (Phi) is 4.50. The number of nitrogens with zero attached hydrogens (tertiary/aromatic N) is 1. The van der Waals surface area contributed by atoms with Gasteiger partial charge in [-0.05, 0) is 37.6 Å². The fourth-order valence-corrected chi connectivity index (χ4v) is 2.29. The number of carbonyl (C=O) groups is 1. The van der Waals surface area contributed by atoms with E-state index in [-0.39, 0.29) is 0 Å². The summed E-state index contributed by atoms with van der Waals surface area (Å²) in [6.45, 7) is 3.69. The second-order valence-electron chi connectivity index (χ2n) is 4.86. The Balaban J connectivity index is 2.45. The standard InChI is InChI=1S/C16H19N3O3/c1-9-7-10(2)18-16(14(9)15(17)20)19-11-5-6-12(21-3)13(8-11)22-4/h5-8H,1-4H3,(H2,17,20)(H,18,19). The Bertz CT molecular complexity index is 714. The van der Waals surface area contributed by atoms with E-state index in [1.54, 1.807) is 26.4 Å². The Morgan fingerprint density at radius 2 is 1.82 bits per heavy atom. The van der Waals surface area contributed by atoms with E-state index < -0.39 is 5.91 Å². The van der Waals surface area contributed by atoms with Gasteiger partial charge < -0.3 is 20.5 Å². The average molecular weight is 301 g/mol. The van der Waals surface area contributed by atoms with E-state index in [1.807, 2.05) is 26.0 Å². The van der Waals surface area contributed by atoms with Crippen molar-refractivity contribution in [3.8, 4) is 11.5 Å². The maximum absolute atomic E-state index is 11.7. The monoisotopic (exact) mass is 301 g/mol. The molecule has 0 aliphatic heterocycles. The summed E-state index contributed by atoms with van der Waals surface area (Å²) in [5.41, 5.74) is 8.13. The van der Waals surface area contributed by atoms with E-state index in [0.29, 0.717) is 22.9 Å². The molecule has 0 fully saturated rings. The van der Waals surface area contributed by atoms with Crippen LogP contribution in [0.1, 0.15) is 21.6 Å². The third-order valence-electron chi connectivity index (χ3n) is 3.24. The molecule has 0 radical (unpaired) electrons. The van der Waals surface area contributed by atoms with Crippen LogP contribution >= 0.6 is 0 Å². The second-order valence-corrected chi connectivity index (χ2v) is 4.86. The van der Waals surface area contributed by atoms with Crippen molar-refractivity contribution in [1.29, 1.82) is 0 Å². The lowest BCUT2D eigenvalue weighted by molar-refractivity contribution is 0.100. The lowest BCUT2D eigenvalue weighted by Crippen LogP contribution is -2.16. The zero-order chi connectivity index (χ0) is 16.3. The normalized spacial score (nSPS) is 10.2. The van der Waals surface area contributed by atoms with Gasteiger partial charge in [0.15, 0.2) is 11.5 Å². The molecule has 22 heavy (non-hydrogen) atoms. The van der Waals surface area contributed by atoms with Gasteiger partial charge in [0.25, 0.3) is 5.91 Å². The fourth-order valence-electron chi connectivity index (χ4n) is 2.29. The summed E-state index contributed by atoms with van der Waals surface area (Å²) in [7, 11) is 3.13. The van der Waals surface area contributed by atoms with Gasteiger partial charge in [0, 0.05) is 17.4 Å². The highest BCUT2D eigenvalue weighted by Gasteiger charge is 2.15. The van der Waals surface area contributed by atoms with E-state index >= 15 is 0 Å². The molecule has 1 aromatic heterocycles. The van der Waals surface area contributed by atoms with Gasteiger partial charge in [-0.25, -0.2) is 4.98 Å². The number of carbonyl (C=O) groups excluding carboxylic acids is 1. The molecular weight excluding hydrogens is 282 g/mol. The third-order valence-corrected chi connectivity index (χ3v) is 3.24. The molecule has 0 spiro atoms. The lowest BCUT2D eigenvalue weighted by atomic mass is 10.1. The molecule has 6 nitrogen and oxygen atoms in total. The van der Waals surface area contributed by atoms with Crippen LogP contribution in [0.5, 0.6) is 11.5 Å². The summed E-state index contributed by atoms with van der Waals surface area (Å²) >= 11 is 0. The maximum atomic E-state index is 11.7. The minimum Gasteiger partial charge on any atom is -0.493 e. The SMILES string of the molecule is COc1ccc(Nc2nc(C)cc(C)c2C(N)=O)cc1OC. The first-order valence-corrected chi connectivity index (χ1v) is 6.73. The molecule has 0 atom stereocenters. The molecule has 2 aromatic rings. The average Bonchev–Trinajstić information content (AvgIpc) is 2.45. The fraction of sp³-hybridized carbons (Fsp3) is 0.250. The number of aryl methyl sites for hydroxylation is 2. The highest BCUT2D eigenvalue weighted by atomic mass is 16.5. The Morgan fingerprint density at radius 3 is 2.41 bits per heavy atom. The first-order chi connectivity index (χ1) is 10.5. The van der Waals surface area contributed by atoms with Crippen molar-refractivity contribution in [3.05, 3.63) is 41.1 Å². The van der Waals surface area contributed by atoms with Crippen LogP contribution < -0.4 is 20.5 Å². The number of aromatic nitrogens is 1. The minimum atomic E-state index is -0.520. The molecule has 1 heterocycles. The number of rotatable bonds is 5. The van der Waals surface area contributed by atoms with Crippen LogP contribution in [0, 0.1) is 13.8 Å². The summed E-state index contributed by atoms with van der Waals surface area (Å²) in [4.78, 5) is 16.0. The van der Waals surface area contributed by atoms with E-state index in [4.69, 9.17) is 15.2 Å². The summed E-state index contributed by atoms with van der Waals surface area (Å²) in [6.07, 6.45) is 0. The smallest absolute Gasteiger partial charge is 0.252 e. The van der Waals surface area contributed by atoms with E-state index in [1.165, 1.54) is 0 Å². The Morgan fingerprint density at radius 1 is 1.14 bits per heavy atom. The zero-order valence-electron chi connectivity index (χ0n) is 13.1. The van der Waals surface area contributed by atoms with Gasteiger partial charge in [-0.1, -0.05) is 0 Å². The first kappa shape index (κ1) is 15.6. The number of primary amides is 1. The van der Waals surface area contributed by atoms with Gasteiger partial charge in [0.1, 0.15) is 5.82 Å². The van der Waals surface area contributed by atoms with Crippen molar-refractivity contribution < 1.29 is 14.3 Å². The van der Waals surface area contributed by atoms with Crippen molar-refractivity contribution in [3.63, 3.8) is 0 Å².